The number of alkyl halides is 1. The zero-order valence-corrected chi connectivity index (χ0v) is 25.6. The van der Waals surface area contributed by atoms with E-state index in [9.17, 15) is 19.7 Å². The summed E-state index contributed by atoms with van der Waals surface area (Å²) in [7, 11) is 1.26. The molecule has 1 aliphatic heterocycles. The van der Waals surface area contributed by atoms with Gasteiger partial charge in [0.2, 0.25) is 0 Å². The largest absolute Gasteiger partial charge is 0.465 e. The van der Waals surface area contributed by atoms with Gasteiger partial charge in [0.25, 0.3) is 5.69 Å². The fraction of sp³-hybridized carbons (Fsp3) is 0.212. The molecule has 0 radical (unpaired) electrons. The number of ether oxygens (including phenoxy) is 2. The van der Waals surface area contributed by atoms with E-state index in [-0.39, 0.29) is 45.1 Å². The molecule has 1 heterocycles. The van der Waals surface area contributed by atoms with Gasteiger partial charge in [-0.25, -0.2) is 9.59 Å². The highest BCUT2D eigenvalue weighted by molar-refractivity contribution is 8.00. The second-order valence-electron chi connectivity index (χ2n) is 10.6. The normalized spacial score (nSPS) is 21.8. The van der Waals surface area contributed by atoms with Crippen LogP contribution in [0.25, 0.3) is 0 Å². The van der Waals surface area contributed by atoms with Crippen molar-refractivity contribution in [1.82, 2.24) is 0 Å². The van der Waals surface area contributed by atoms with Crippen molar-refractivity contribution < 1.29 is 24.0 Å². The molecule has 0 aromatic heterocycles. The number of rotatable bonds is 7. The average molecular weight is 650 g/mol. The monoisotopic (exact) mass is 648 g/mol. The molecule has 1 N–H and O–H groups in total. The van der Waals surface area contributed by atoms with Crippen molar-refractivity contribution in [3.05, 3.63) is 128 Å². The minimum absolute atomic E-state index is 0.0118. The van der Waals surface area contributed by atoms with Crippen molar-refractivity contribution >= 4 is 58.3 Å². The summed E-state index contributed by atoms with van der Waals surface area (Å²) in [4.78, 5) is 37.5. The van der Waals surface area contributed by atoms with Crippen LogP contribution in [0.15, 0.2) is 95.9 Å². The van der Waals surface area contributed by atoms with Crippen LogP contribution in [0.5, 0.6) is 5.75 Å². The van der Waals surface area contributed by atoms with Gasteiger partial charge in [0, 0.05) is 27.9 Å². The molecule has 5 atom stereocenters. The summed E-state index contributed by atoms with van der Waals surface area (Å²) in [5.74, 6) is -1.31. The predicted molar refractivity (Wildman–Crippen MR) is 170 cm³/mol. The molecule has 1 aliphatic carbocycles. The highest BCUT2D eigenvalue weighted by Gasteiger charge is 2.50. The lowest BCUT2D eigenvalue weighted by Gasteiger charge is -2.38. The number of esters is 2. The maximum absolute atomic E-state index is 13.4. The van der Waals surface area contributed by atoms with Crippen molar-refractivity contribution in [3.8, 4) is 5.75 Å². The summed E-state index contributed by atoms with van der Waals surface area (Å²) >= 11 is 14.9. The lowest BCUT2D eigenvalue weighted by Crippen LogP contribution is -2.31. The van der Waals surface area contributed by atoms with Crippen LogP contribution in [0.4, 0.5) is 11.4 Å². The van der Waals surface area contributed by atoms with Gasteiger partial charge < -0.3 is 14.8 Å². The fourth-order valence-corrected chi connectivity index (χ4v) is 8.18. The van der Waals surface area contributed by atoms with Crippen LogP contribution in [0.1, 0.15) is 50.2 Å². The zero-order valence-electron chi connectivity index (χ0n) is 23.3. The number of para-hydroxylation sites is 2. The molecule has 2 aliphatic rings. The van der Waals surface area contributed by atoms with Gasteiger partial charge in [-0.15, -0.1) is 23.4 Å². The third-order valence-corrected chi connectivity index (χ3v) is 10.5. The molecular formula is C33H26Cl2N2O6S. The molecule has 4 aromatic rings. The lowest BCUT2D eigenvalue weighted by atomic mass is 9.77. The van der Waals surface area contributed by atoms with Crippen molar-refractivity contribution in [1.29, 1.82) is 0 Å². The first kappa shape index (κ1) is 30.0. The third-order valence-electron chi connectivity index (χ3n) is 8.11. The number of anilines is 1. The molecule has 0 spiro atoms. The highest BCUT2D eigenvalue weighted by Crippen LogP contribution is 2.58. The number of nitro benzene ring substituents is 1. The Hall–Kier alpha value is -4.05. The Labute approximate surface area is 267 Å². The van der Waals surface area contributed by atoms with Gasteiger partial charge in [0.15, 0.2) is 0 Å². The van der Waals surface area contributed by atoms with Crippen molar-refractivity contribution in [2.45, 2.75) is 33.9 Å². The molecule has 44 heavy (non-hydrogen) atoms. The van der Waals surface area contributed by atoms with E-state index in [0.717, 1.165) is 16.8 Å². The molecule has 6 rings (SSSR count). The maximum Gasteiger partial charge on any atom is 0.343 e. The summed E-state index contributed by atoms with van der Waals surface area (Å²) in [6.07, 6.45) is 0.677. The van der Waals surface area contributed by atoms with Crippen LogP contribution in [0.3, 0.4) is 0 Å². The van der Waals surface area contributed by atoms with E-state index in [1.165, 1.54) is 37.1 Å². The zero-order chi connectivity index (χ0) is 31.0. The Kier molecular flexibility index (Phi) is 8.53. The van der Waals surface area contributed by atoms with Crippen molar-refractivity contribution in [2.75, 3.05) is 12.4 Å². The SMILES string of the molecule is COC(=O)c1ccccc1OC(=O)c1ccc2c(c1)[C@@H]1[C@H](Cl)[C@H](Sc3ccccc3[N+](=O)[O-])C[C@@H]1[C@@H](c1ccc(Cl)cc1)N2. The summed E-state index contributed by atoms with van der Waals surface area (Å²) in [5.41, 5.74) is 3.22. The quantitative estimate of drug-likeness (QED) is 0.0701. The topological polar surface area (TPSA) is 108 Å². The lowest BCUT2D eigenvalue weighted by molar-refractivity contribution is -0.387. The Balaban J connectivity index is 1.35. The van der Waals surface area contributed by atoms with E-state index in [0.29, 0.717) is 21.9 Å². The molecule has 0 bridgehead atoms. The molecule has 0 amide bonds. The molecule has 224 valence electrons. The summed E-state index contributed by atoms with van der Waals surface area (Å²) in [6.45, 7) is 0. The van der Waals surface area contributed by atoms with Gasteiger partial charge in [-0.1, -0.05) is 48.0 Å². The second kappa shape index (κ2) is 12.5. The predicted octanol–water partition coefficient (Wildman–Crippen LogP) is 8.29. The summed E-state index contributed by atoms with van der Waals surface area (Å²) in [6, 6.07) is 25.9. The fourth-order valence-electron chi connectivity index (χ4n) is 6.11. The van der Waals surface area contributed by atoms with Gasteiger partial charge in [-0.3, -0.25) is 10.1 Å². The van der Waals surface area contributed by atoms with E-state index < -0.39 is 17.3 Å². The first-order chi connectivity index (χ1) is 21.2. The van der Waals surface area contributed by atoms with E-state index in [1.807, 2.05) is 30.3 Å². The average Bonchev–Trinajstić information content (AvgIpc) is 3.36. The van der Waals surface area contributed by atoms with E-state index in [1.54, 1.807) is 42.5 Å². The van der Waals surface area contributed by atoms with Crippen LogP contribution in [0, 0.1) is 16.0 Å². The number of carbonyl (C=O) groups is 2. The number of hydrogen-bond acceptors (Lipinski definition) is 8. The third kappa shape index (κ3) is 5.75. The summed E-state index contributed by atoms with van der Waals surface area (Å²) < 4.78 is 10.5. The van der Waals surface area contributed by atoms with Crippen molar-refractivity contribution in [2.24, 2.45) is 5.92 Å². The first-order valence-electron chi connectivity index (χ1n) is 13.8. The Morgan fingerprint density at radius 1 is 0.977 bits per heavy atom. The number of hydrogen-bond donors (Lipinski definition) is 1. The number of nitrogens with zero attached hydrogens (tertiary/aromatic N) is 1. The second-order valence-corrected chi connectivity index (χ2v) is 12.8. The number of fused-ring (bicyclic) bond motifs is 3. The van der Waals surface area contributed by atoms with Gasteiger partial charge in [-0.2, -0.15) is 0 Å². The summed E-state index contributed by atoms with van der Waals surface area (Å²) in [5, 5.41) is 15.5. The molecule has 1 saturated carbocycles. The number of halogens is 2. The number of benzene rings is 4. The number of nitrogens with one attached hydrogen (secondary N) is 1. The van der Waals surface area contributed by atoms with Crippen LogP contribution in [-0.2, 0) is 4.74 Å². The van der Waals surface area contributed by atoms with Crippen molar-refractivity contribution in [3.63, 3.8) is 0 Å². The highest BCUT2D eigenvalue weighted by atomic mass is 35.5. The minimum atomic E-state index is -0.629. The number of thioether (sulfide) groups is 1. The smallest absolute Gasteiger partial charge is 0.343 e. The molecule has 4 aromatic carbocycles. The van der Waals surface area contributed by atoms with Gasteiger partial charge in [-0.05, 0) is 72.0 Å². The molecule has 0 unspecified atom stereocenters. The van der Waals surface area contributed by atoms with Crippen LogP contribution in [0.2, 0.25) is 5.02 Å². The Bertz CT molecular complexity index is 1750. The minimum Gasteiger partial charge on any atom is -0.465 e. The Morgan fingerprint density at radius 3 is 2.45 bits per heavy atom. The molecule has 1 fully saturated rings. The Morgan fingerprint density at radius 2 is 1.70 bits per heavy atom. The number of nitro groups is 1. The standard InChI is InChI=1S/C33H26Cl2N2O6S/c1-42-33(39)21-6-2-4-8-26(21)43-32(38)19-12-15-24-22(16-19)29-23(31(36-24)18-10-13-20(34)14-11-18)17-28(30(29)35)44-27-9-5-3-7-25(27)37(40)41/h2-16,23,28-31,36H,17H2,1H3/t23-,28+,29-,30+,31+/m0/s1. The number of methoxy groups -OCH3 is 1. The van der Waals surface area contributed by atoms with Crippen LogP contribution >= 0.6 is 35.0 Å². The molecule has 8 nitrogen and oxygen atoms in total. The molecule has 11 heteroatoms. The van der Waals surface area contributed by atoms with Crippen LogP contribution < -0.4 is 10.1 Å². The van der Waals surface area contributed by atoms with E-state index >= 15 is 0 Å². The van der Waals surface area contributed by atoms with E-state index in [4.69, 9.17) is 32.7 Å². The van der Waals surface area contributed by atoms with Gasteiger partial charge >= 0.3 is 11.9 Å². The first-order valence-corrected chi connectivity index (χ1v) is 15.5. The number of carbonyl (C=O) groups excluding carboxylic acids is 2. The maximum atomic E-state index is 13.4. The van der Waals surface area contributed by atoms with Gasteiger partial charge in [0.1, 0.15) is 11.3 Å². The van der Waals surface area contributed by atoms with Crippen LogP contribution in [-0.4, -0.2) is 34.6 Å². The molecular weight excluding hydrogens is 623 g/mol. The van der Waals surface area contributed by atoms with E-state index in [2.05, 4.69) is 5.32 Å². The van der Waals surface area contributed by atoms with Gasteiger partial charge in [0.05, 0.1) is 33.9 Å². The molecule has 0 saturated heterocycles.